The van der Waals surface area contributed by atoms with Crippen molar-refractivity contribution in [1.82, 2.24) is 19.6 Å². The van der Waals surface area contributed by atoms with E-state index >= 15 is 0 Å². The number of aryl methyl sites for hydroxylation is 1. The highest BCUT2D eigenvalue weighted by molar-refractivity contribution is 5.55. The highest BCUT2D eigenvalue weighted by Gasteiger charge is 2.10. The summed E-state index contributed by atoms with van der Waals surface area (Å²) < 4.78 is 1.49. The molecule has 0 radical (unpaired) electrons. The fourth-order valence-electron chi connectivity index (χ4n) is 2.72. The third-order valence-electron chi connectivity index (χ3n) is 3.89. The van der Waals surface area contributed by atoms with Crippen LogP contribution in [0.4, 0.5) is 0 Å². The average molecular weight is 310 g/mol. The van der Waals surface area contributed by atoms with Crippen LogP contribution in [0.3, 0.4) is 0 Å². The highest BCUT2D eigenvalue weighted by atomic mass is 16.3. The molecule has 1 aromatic carbocycles. The van der Waals surface area contributed by atoms with Gasteiger partial charge >= 0.3 is 0 Å². The number of phenols is 2. The van der Waals surface area contributed by atoms with Crippen LogP contribution < -0.4 is 16.3 Å². The molecule has 4 rings (SSSR count). The lowest BCUT2D eigenvalue weighted by atomic mass is 10.1. The summed E-state index contributed by atoms with van der Waals surface area (Å²) >= 11 is 0. The average Bonchev–Trinajstić information content (AvgIpc) is 2.84. The largest absolute Gasteiger partial charge is 0.504 e. The zero-order valence-electron chi connectivity index (χ0n) is 12.2. The molecule has 0 unspecified atom stereocenters. The number of rotatable bonds is 1. The van der Waals surface area contributed by atoms with Crippen molar-refractivity contribution in [2.75, 3.05) is 0 Å². The van der Waals surface area contributed by atoms with Gasteiger partial charge in [-0.05, 0) is 43.0 Å². The number of aromatic nitrogens is 4. The number of phenolic OH excluding ortho intramolecular Hbond substituents is 2. The van der Waals surface area contributed by atoms with Gasteiger partial charge < -0.3 is 10.2 Å². The van der Waals surface area contributed by atoms with Crippen molar-refractivity contribution < 1.29 is 10.2 Å². The van der Waals surface area contributed by atoms with Crippen molar-refractivity contribution in [2.24, 2.45) is 0 Å². The molecule has 23 heavy (non-hydrogen) atoms. The normalized spacial score (nSPS) is 14.7. The number of aromatic amines is 1. The van der Waals surface area contributed by atoms with Gasteiger partial charge in [-0.1, -0.05) is 12.1 Å². The third kappa shape index (κ3) is 2.26. The van der Waals surface area contributed by atoms with Crippen molar-refractivity contribution in [1.29, 1.82) is 0 Å². The SMILES string of the molecule is O=c1[nH]c2nc3c(nn2/c1=C/c1ccc(O)c(O)c1)CCCC=3. The van der Waals surface area contributed by atoms with Gasteiger partial charge in [0.1, 0.15) is 5.35 Å². The molecule has 2 aromatic heterocycles. The van der Waals surface area contributed by atoms with E-state index in [1.807, 2.05) is 6.08 Å². The smallest absolute Gasteiger partial charge is 0.276 e. The number of nitrogens with zero attached hydrogens (tertiary/aromatic N) is 3. The van der Waals surface area contributed by atoms with E-state index in [9.17, 15) is 15.0 Å². The summed E-state index contributed by atoms with van der Waals surface area (Å²) in [5.41, 5.74) is 1.15. The Morgan fingerprint density at radius 3 is 2.96 bits per heavy atom. The van der Waals surface area contributed by atoms with Gasteiger partial charge in [-0.3, -0.25) is 9.78 Å². The van der Waals surface area contributed by atoms with Crippen LogP contribution in [-0.4, -0.2) is 29.8 Å². The molecule has 2 heterocycles. The molecule has 7 nitrogen and oxygen atoms in total. The summed E-state index contributed by atoms with van der Waals surface area (Å²) in [4.78, 5) is 19.3. The summed E-state index contributed by atoms with van der Waals surface area (Å²) in [5, 5.41) is 24.6. The predicted octanol–water partition coefficient (Wildman–Crippen LogP) is -0.226. The molecular formula is C16H14N4O3. The van der Waals surface area contributed by atoms with E-state index < -0.39 is 0 Å². The number of hydrogen-bond acceptors (Lipinski definition) is 5. The second-order valence-electron chi connectivity index (χ2n) is 5.51. The summed E-state index contributed by atoms with van der Waals surface area (Å²) in [7, 11) is 0. The molecule has 0 amide bonds. The molecular weight excluding hydrogens is 296 g/mol. The summed E-state index contributed by atoms with van der Waals surface area (Å²) in [6.45, 7) is 0. The minimum Gasteiger partial charge on any atom is -0.504 e. The molecule has 116 valence electrons. The van der Waals surface area contributed by atoms with E-state index in [-0.39, 0.29) is 17.1 Å². The Morgan fingerprint density at radius 1 is 1.26 bits per heavy atom. The maximum atomic E-state index is 12.2. The number of imidazole rings is 1. The van der Waals surface area contributed by atoms with Gasteiger partial charge in [0.15, 0.2) is 11.5 Å². The molecule has 7 heteroatoms. The Kier molecular flexibility index (Phi) is 2.94. The lowest BCUT2D eigenvalue weighted by molar-refractivity contribution is 0.403. The second kappa shape index (κ2) is 4.98. The summed E-state index contributed by atoms with van der Waals surface area (Å²) in [6, 6.07) is 4.36. The topological polar surface area (TPSA) is 104 Å². The van der Waals surface area contributed by atoms with Gasteiger partial charge in [-0.25, -0.2) is 4.98 Å². The van der Waals surface area contributed by atoms with Crippen LogP contribution in [0.5, 0.6) is 11.5 Å². The first-order valence-electron chi connectivity index (χ1n) is 7.34. The minimum absolute atomic E-state index is 0.208. The van der Waals surface area contributed by atoms with Crippen molar-refractivity contribution in [3.63, 3.8) is 0 Å². The number of fused-ring (bicyclic) bond motifs is 2. The van der Waals surface area contributed by atoms with Crippen LogP contribution in [-0.2, 0) is 6.42 Å². The van der Waals surface area contributed by atoms with Crippen LogP contribution in [0.1, 0.15) is 24.1 Å². The fourth-order valence-corrected chi connectivity index (χ4v) is 2.72. The standard InChI is InChI=1S/C16H14N4O3/c21-13-6-5-9(8-14(13)22)7-12-15(23)18-16-17-10-3-1-2-4-11(10)19-20(12)16/h3,5-8,21-22H,1-2,4H2,(H,17,18,23)/b12-7+. The van der Waals surface area contributed by atoms with E-state index in [0.717, 1.165) is 30.3 Å². The molecule has 0 atom stereocenters. The van der Waals surface area contributed by atoms with Gasteiger partial charge in [0.2, 0.25) is 5.78 Å². The monoisotopic (exact) mass is 310 g/mol. The second-order valence-corrected chi connectivity index (χ2v) is 5.51. The van der Waals surface area contributed by atoms with Gasteiger partial charge in [0, 0.05) is 0 Å². The molecule has 0 fully saturated rings. The van der Waals surface area contributed by atoms with Crippen molar-refractivity contribution in [3.8, 4) is 11.5 Å². The summed E-state index contributed by atoms with van der Waals surface area (Å²) in [5.74, 6) is -0.0595. The molecule has 0 aliphatic heterocycles. The summed E-state index contributed by atoms with van der Waals surface area (Å²) in [6.07, 6.45) is 6.44. The molecule has 3 N–H and O–H groups in total. The molecule has 0 bridgehead atoms. The van der Waals surface area contributed by atoms with E-state index in [0.29, 0.717) is 16.7 Å². The number of hydrogen-bond donors (Lipinski definition) is 3. The fraction of sp³-hybridized carbons (Fsp3) is 0.188. The maximum absolute atomic E-state index is 12.2. The molecule has 0 saturated heterocycles. The van der Waals surface area contributed by atoms with E-state index in [1.54, 1.807) is 12.1 Å². The molecule has 1 aliphatic carbocycles. The van der Waals surface area contributed by atoms with Crippen LogP contribution in [0.2, 0.25) is 0 Å². The van der Waals surface area contributed by atoms with E-state index in [1.165, 1.54) is 16.6 Å². The quantitative estimate of drug-likeness (QED) is 0.539. The number of aromatic hydroxyl groups is 2. The Labute approximate surface area is 129 Å². The minimum atomic E-state index is -0.306. The van der Waals surface area contributed by atoms with Gasteiger partial charge in [0.05, 0.1) is 11.0 Å². The van der Waals surface area contributed by atoms with E-state index in [2.05, 4.69) is 15.1 Å². The maximum Gasteiger partial charge on any atom is 0.276 e. The molecule has 3 aromatic rings. The van der Waals surface area contributed by atoms with Gasteiger partial charge in [-0.15, -0.1) is 0 Å². The van der Waals surface area contributed by atoms with E-state index in [4.69, 9.17) is 0 Å². The van der Waals surface area contributed by atoms with Crippen LogP contribution in [0, 0.1) is 0 Å². The van der Waals surface area contributed by atoms with Gasteiger partial charge in [-0.2, -0.15) is 9.61 Å². The van der Waals surface area contributed by atoms with Crippen molar-refractivity contribution in [2.45, 2.75) is 19.3 Å². The lowest BCUT2D eigenvalue weighted by Crippen LogP contribution is -2.30. The number of H-pyrrole nitrogens is 1. The highest BCUT2D eigenvalue weighted by Crippen LogP contribution is 2.24. The van der Waals surface area contributed by atoms with Crippen molar-refractivity contribution in [3.05, 3.63) is 50.5 Å². The first-order valence-corrected chi connectivity index (χ1v) is 7.34. The van der Waals surface area contributed by atoms with Crippen LogP contribution in [0.25, 0.3) is 17.9 Å². The Bertz CT molecular complexity index is 1090. The Balaban J connectivity index is 1.99. The van der Waals surface area contributed by atoms with Crippen molar-refractivity contribution >= 4 is 17.9 Å². The van der Waals surface area contributed by atoms with Gasteiger partial charge in [0.25, 0.3) is 5.56 Å². The first-order chi connectivity index (χ1) is 11.1. The zero-order chi connectivity index (χ0) is 16.0. The third-order valence-corrected chi connectivity index (χ3v) is 3.89. The zero-order valence-corrected chi connectivity index (χ0v) is 12.2. The predicted molar refractivity (Wildman–Crippen MR) is 83.6 cm³/mol. The molecule has 0 spiro atoms. The molecule has 0 saturated carbocycles. The Morgan fingerprint density at radius 2 is 2.13 bits per heavy atom. The number of benzene rings is 1. The first kappa shape index (κ1) is 13.6. The number of nitrogens with one attached hydrogen (secondary N) is 1. The van der Waals surface area contributed by atoms with Crippen LogP contribution >= 0.6 is 0 Å². The Hall–Kier alpha value is -3.09. The van der Waals surface area contributed by atoms with Crippen LogP contribution in [0.15, 0.2) is 23.0 Å². The lowest BCUT2D eigenvalue weighted by Gasteiger charge is -2.06. The molecule has 1 aliphatic rings.